The third kappa shape index (κ3) is 3.03. The standard InChI is InChI=1S/C11H8Cl2N2OS/c1-16-9-10(13)14-6-15-11(9)17-8-4-2-7(12)3-5-8/h2-6H,1H3. The summed E-state index contributed by atoms with van der Waals surface area (Å²) in [6, 6.07) is 7.45. The van der Waals surface area contributed by atoms with Gasteiger partial charge in [-0.2, -0.15) is 0 Å². The van der Waals surface area contributed by atoms with Crippen LogP contribution < -0.4 is 4.74 Å². The Balaban J connectivity index is 2.29. The first-order valence-corrected chi connectivity index (χ1v) is 6.26. The highest BCUT2D eigenvalue weighted by atomic mass is 35.5. The van der Waals surface area contributed by atoms with Crippen LogP contribution in [-0.4, -0.2) is 17.1 Å². The molecule has 0 radical (unpaired) electrons. The van der Waals surface area contributed by atoms with E-state index in [2.05, 4.69) is 9.97 Å². The van der Waals surface area contributed by atoms with Gasteiger partial charge < -0.3 is 4.74 Å². The first-order valence-electron chi connectivity index (χ1n) is 4.68. The first kappa shape index (κ1) is 12.5. The summed E-state index contributed by atoms with van der Waals surface area (Å²) in [5.74, 6) is 0.481. The first-order chi connectivity index (χ1) is 8.20. The van der Waals surface area contributed by atoms with E-state index < -0.39 is 0 Å². The van der Waals surface area contributed by atoms with E-state index in [-0.39, 0.29) is 0 Å². The molecule has 1 heterocycles. The van der Waals surface area contributed by atoms with Crippen molar-refractivity contribution in [2.75, 3.05) is 7.11 Å². The highest BCUT2D eigenvalue weighted by Crippen LogP contribution is 2.36. The summed E-state index contributed by atoms with van der Waals surface area (Å²) >= 11 is 13.2. The summed E-state index contributed by atoms with van der Waals surface area (Å²) in [6.07, 6.45) is 1.41. The lowest BCUT2D eigenvalue weighted by molar-refractivity contribution is 0.398. The van der Waals surface area contributed by atoms with E-state index in [1.165, 1.54) is 25.2 Å². The van der Waals surface area contributed by atoms with Crippen molar-refractivity contribution in [2.45, 2.75) is 9.92 Å². The van der Waals surface area contributed by atoms with Gasteiger partial charge in [0.1, 0.15) is 11.4 Å². The SMILES string of the molecule is COc1c(Cl)ncnc1Sc1ccc(Cl)cc1. The van der Waals surface area contributed by atoms with Crippen LogP contribution in [0.5, 0.6) is 5.75 Å². The van der Waals surface area contributed by atoms with Crippen LogP contribution in [0, 0.1) is 0 Å². The van der Waals surface area contributed by atoms with Gasteiger partial charge in [-0.05, 0) is 24.3 Å². The van der Waals surface area contributed by atoms with Crippen LogP contribution in [0.2, 0.25) is 10.2 Å². The zero-order chi connectivity index (χ0) is 12.3. The number of ether oxygens (including phenoxy) is 1. The molecule has 3 nitrogen and oxygen atoms in total. The van der Waals surface area contributed by atoms with Gasteiger partial charge >= 0.3 is 0 Å². The fourth-order valence-corrected chi connectivity index (χ4v) is 2.46. The van der Waals surface area contributed by atoms with E-state index in [0.29, 0.717) is 21.0 Å². The third-order valence-electron chi connectivity index (χ3n) is 1.96. The van der Waals surface area contributed by atoms with Gasteiger partial charge in [0.2, 0.25) is 0 Å². The van der Waals surface area contributed by atoms with E-state index in [0.717, 1.165) is 4.90 Å². The van der Waals surface area contributed by atoms with Crippen LogP contribution in [0.1, 0.15) is 0 Å². The Kier molecular flexibility index (Phi) is 4.10. The number of rotatable bonds is 3. The highest BCUT2D eigenvalue weighted by Gasteiger charge is 2.11. The van der Waals surface area contributed by atoms with E-state index in [1.54, 1.807) is 0 Å². The van der Waals surface area contributed by atoms with Gasteiger partial charge in [-0.3, -0.25) is 0 Å². The molecule has 0 bridgehead atoms. The molecule has 0 atom stereocenters. The Morgan fingerprint density at radius 1 is 1.12 bits per heavy atom. The fraction of sp³-hybridized carbons (Fsp3) is 0.0909. The van der Waals surface area contributed by atoms with Crippen molar-refractivity contribution >= 4 is 35.0 Å². The number of hydrogen-bond acceptors (Lipinski definition) is 4. The van der Waals surface area contributed by atoms with Crippen molar-refractivity contribution in [1.82, 2.24) is 9.97 Å². The maximum atomic E-state index is 5.91. The molecular weight excluding hydrogens is 279 g/mol. The minimum Gasteiger partial charge on any atom is -0.491 e. The Hall–Kier alpha value is -0.970. The molecule has 0 unspecified atom stereocenters. The summed E-state index contributed by atoms with van der Waals surface area (Å²) in [4.78, 5) is 9.00. The predicted molar refractivity (Wildman–Crippen MR) is 69.2 cm³/mol. The number of benzene rings is 1. The van der Waals surface area contributed by atoms with Crippen molar-refractivity contribution in [2.24, 2.45) is 0 Å². The molecule has 0 saturated heterocycles. The van der Waals surface area contributed by atoms with E-state index in [4.69, 9.17) is 27.9 Å². The van der Waals surface area contributed by atoms with E-state index in [1.807, 2.05) is 24.3 Å². The van der Waals surface area contributed by atoms with Crippen LogP contribution in [0.4, 0.5) is 0 Å². The predicted octanol–water partition coefficient (Wildman–Crippen LogP) is 3.94. The Labute approximate surface area is 113 Å². The molecule has 0 aliphatic heterocycles. The minimum atomic E-state index is 0.305. The molecule has 0 N–H and O–H groups in total. The van der Waals surface area contributed by atoms with E-state index >= 15 is 0 Å². The summed E-state index contributed by atoms with van der Waals surface area (Å²) in [5.41, 5.74) is 0. The van der Waals surface area contributed by atoms with Crippen LogP contribution in [0.25, 0.3) is 0 Å². The summed E-state index contributed by atoms with van der Waals surface area (Å²) in [7, 11) is 1.54. The van der Waals surface area contributed by atoms with Gasteiger partial charge in [-0.25, -0.2) is 9.97 Å². The Bertz CT molecular complexity index is 519. The van der Waals surface area contributed by atoms with Gasteiger partial charge in [0.15, 0.2) is 10.9 Å². The normalized spacial score (nSPS) is 10.3. The average Bonchev–Trinajstić information content (AvgIpc) is 2.32. The second kappa shape index (κ2) is 5.58. The van der Waals surface area contributed by atoms with Crippen LogP contribution in [0.15, 0.2) is 40.5 Å². The molecule has 0 aliphatic rings. The smallest absolute Gasteiger partial charge is 0.188 e. The molecule has 88 valence electrons. The molecular formula is C11H8Cl2N2OS. The lowest BCUT2D eigenvalue weighted by Crippen LogP contribution is -1.92. The lowest BCUT2D eigenvalue weighted by atomic mass is 10.4. The second-order valence-corrected chi connectivity index (χ2v) is 4.92. The number of nitrogens with zero attached hydrogens (tertiary/aromatic N) is 2. The second-order valence-electron chi connectivity index (χ2n) is 3.06. The molecule has 6 heteroatoms. The van der Waals surface area contributed by atoms with Crippen molar-refractivity contribution < 1.29 is 4.74 Å². The molecule has 0 fully saturated rings. The van der Waals surface area contributed by atoms with Crippen molar-refractivity contribution in [1.29, 1.82) is 0 Å². The maximum Gasteiger partial charge on any atom is 0.188 e. The largest absolute Gasteiger partial charge is 0.491 e. The molecule has 1 aromatic heterocycles. The van der Waals surface area contributed by atoms with E-state index in [9.17, 15) is 0 Å². The topological polar surface area (TPSA) is 35.0 Å². The van der Waals surface area contributed by atoms with Gasteiger partial charge in [0, 0.05) is 9.92 Å². The Morgan fingerprint density at radius 3 is 2.47 bits per heavy atom. The molecule has 0 saturated carbocycles. The van der Waals surface area contributed by atoms with Crippen LogP contribution >= 0.6 is 35.0 Å². The third-order valence-corrected chi connectivity index (χ3v) is 3.47. The van der Waals surface area contributed by atoms with Crippen LogP contribution in [0.3, 0.4) is 0 Å². The zero-order valence-electron chi connectivity index (χ0n) is 8.85. The minimum absolute atomic E-state index is 0.305. The van der Waals surface area contributed by atoms with Gasteiger partial charge in [0.05, 0.1) is 7.11 Å². The highest BCUT2D eigenvalue weighted by molar-refractivity contribution is 7.99. The van der Waals surface area contributed by atoms with Crippen LogP contribution in [-0.2, 0) is 0 Å². The van der Waals surface area contributed by atoms with Gasteiger partial charge in [-0.1, -0.05) is 35.0 Å². The fourth-order valence-electron chi connectivity index (χ4n) is 1.20. The van der Waals surface area contributed by atoms with Crippen molar-refractivity contribution in [3.63, 3.8) is 0 Å². The van der Waals surface area contributed by atoms with Gasteiger partial charge in [-0.15, -0.1) is 0 Å². The molecule has 0 amide bonds. The number of hydrogen-bond donors (Lipinski definition) is 0. The maximum absolute atomic E-state index is 5.91. The molecule has 0 aliphatic carbocycles. The quantitative estimate of drug-likeness (QED) is 0.801. The summed E-state index contributed by atoms with van der Waals surface area (Å²) in [6.45, 7) is 0. The molecule has 17 heavy (non-hydrogen) atoms. The number of methoxy groups -OCH3 is 1. The van der Waals surface area contributed by atoms with Crippen molar-refractivity contribution in [3.05, 3.63) is 40.8 Å². The molecule has 2 rings (SSSR count). The average molecular weight is 287 g/mol. The zero-order valence-corrected chi connectivity index (χ0v) is 11.2. The Morgan fingerprint density at radius 2 is 1.82 bits per heavy atom. The number of halogens is 2. The number of aromatic nitrogens is 2. The van der Waals surface area contributed by atoms with Gasteiger partial charge in [0.25, 0.3) is 0 Å². The molecule has 1 aromatic carbocycles. The monoisotopic (exact) mass is 286 g/mol. The lowest BCUT2D eigenvalue weighted by Gasteiger charge is -2.07. The summed E-state index contributed by atoms with van der Waals surface area (Å²) < 4.78 is 5.17. The molecule has 0 spiro atoms. The molecule has 2 aromatic rings. The summed E-state index contributed by atoms with van der Waals surface area (Å²) in [5, 5.41) is 1.68. The van der Waals surface area contributed by atoms with Crippen molar-refractivity contribution in [3.8, 4) is 5.75 Å².